The highest BCUT2D eigenvalue weighted by molar-refractivity contribution is 6.35. The molecule has 0 aliphatic rings. The highest BCUT2D eigenvalue weighted by Gasteiger charge is 2.24. The van der Waals surface area contributed by atoms with E-state index in [1.165, 1.54) is 6.92 Å². The molecule has 4 nitrogen and oxygen atoms in total. The zero-order valence-corrected chi connectivity index (χ0v) is 16.6. The number of Topliss-reactive ketones (excluding diaryl/α,β-unsaturated/α-hetero) is 1. The molecule has 1 N–H and O–H groups in total. The van der Waals surface area contributed by atoms with Gasteiger partial charge in [0.15, 0.2) is 0 Å². The van der Waals surface area contributed by atoms with Crippen LogP contribution in [0.2, 0.25) is 5.02 Å². The minimum absolute atomic E-state index is 0.0901. The number of hydrogen-bond acceptors (Lipinski definition) is 4. The van der Waals surface area contributed by atoms with Crippen LogP contribution < -0.4 is 5.32 Å². The molecule has 0 unspecified atom stereocenters. The highest BCUT2D eigenvalue weighted by Crippen LogP contribution is 2.25. The minimum atomic E-state index is -0.588. The molecule has 3 aromatic rings. The maximum absolute atomic E-state index is 13.3. The van der Waals surface area contributed by atoms with Gasteiger partial charge in [0.05, 0.1) is 10.7 Å². The molecular formula is C24H20ClNO3. The summed E-state index contributed by atoms with van der Waals surface area (Å²) in [6.45, 7) is 1.71. The molecule has 0 aromatic heterocycles. The van der Waals surface area contributed by atoms with Gasteiger partial charge in [0.2, 0.25) is 11.5 Å². The second-order valence-electron chi connectivity index (χ2n) is 6.31. The summed E-state index contributed by atoms with van der Waals surface area (Å²) < 4.78 is 5.40. The number of halogens is 1. The fraction of sp³-hybridized carbons (Fsp3) is 0.0833. The number of rotatable bonds is 7. The summed E-state index contributed by atoms with van der Waals surface area (Å²) in [5, 5.41) is 3.56. The summed E-state index contributed by atoms with van der Waals surface area (Å²) in [6, 6.07) is 25.7. The number of allylic oxidation sites excluding steroid dienone is 1. The predicted octanol–water partition coefficient (Wildman–Crippen LogP) is 5.24. The Kier molecular flexibility index (Phi) is 6.82. The van der Waals surface area contributed by atoms with Crippen molar-refractivity contribution in [3.05, 3.63) is 112 Å². The van der Waals surface area contributed by atoms with Crippen LogP contribution in [0.5, 0.6) is 0 Å². The summed E-state index contributed by atoms with van der Waals surface area (Å²) in [5.74, 6) is -1.15. The van der Waals surface area contributed by atoms with E-state index < -0.39 is 11.8 Å². The van der Waals surface area contributed by atoms with Crippen LogP contribution in [0.1, 0.15) is 28.4 Å². The fourth-order valence-electron chi connectivity index (χ4n) is 2.83. The number of nitrogens with one attached hydrogen (secondary N) is 1. The largest absolute Gasteiger partial charge is 0.420 e. The number of hydrogen-bond donors (Lipinski definition) is 1. The van der Waals surface area contributed by atoms with Gasteiger partial charge in [0.1, 0.15) is 0 Å². The topological polar surface area (TPSA) is 55.4 Å². The molecule has 0 saturated heterocycles. The highest BCUT2D eigenvalue weighted by atomic mass is 35.5. The van der Waals surface area contributed by atoms with E-state index in [1.807, 2.05) is 60.7 Å². The average molecular weight is 406 g/mol. The third kappa shape index (κ3) is 5.33. The van der Waals surface area contributed by atoms with Crippen molar-refractivity contribution in [1.82, 2.24) is 5.32 Å². The molecule has 0 saturated carbocycles. The molecule has 0 fully saturated rings. The molecule has 29 heavy (non-hydrogen) atoms. The lowest BCUT2D eigenvalue weighted by Gasteiger charge is -2.17. The minimum Gasteiger partial charge on any atom is -0.420 e. The zero-order valence-electron chi connectivity index (χ0n) is 15.9. The summed E-state index contributed by atoms with van der Waals surface area (Å²) >= 11 is 6.22. The normalized spacial score (nSPS) is 11.4. The number of ether oxygens (including phenoxy) is 1. The molecular weight excluding hydrogens is 386 g/mol. The van der Waals surface area contributed by atoms with Crippen LogP contribution in [0.25, 0.3) is 5.70 Å². The van der Waals surface area contributed by atoms with E-state index in [2.05, 4.69) is 5.32 Å². The number of carbonyl (C=O) groups excluding carboxylic acids is 2. The summed E-state index contributed by atoms with van der Waals surface area (Å²) in [7, 11) is 0. The number of ketones is 1. The number of benzene rings is 3. The fourth-order valence-corrected chi connectivity index (χ4v) is 3.05. The van der Waals surface area contributed by atoms with Crippen molar-refractivity contribution in [2.24, 2.45) is 0 Å². The van der Waals surface area contributed by atoms with E-state index in [1.54, 1.807) is 24.3 Å². The van der Waals surface area contributed by atoms with Gasteiger partial charge < -0.3 is 10.1 Å². The van der Waals surface area contributed by atoms with Crippen molar-refractivity contribution < 1.29 is 14.3 Å². The Labute approximate surface area is 174 Å². The molecule has 0 bridgehead atoms. The lowest BCUT2D eigenvalue weighted by Crippen LogP contribution is -2.21. The van der Waals surface area contributed by atoms with E-state index in [0.29, 0.717) is 12.2 Å². The Morgan fingerprint density at radius 1 is 0.862 bits per heavy atom. The van der Waals surface area contributed by atoms with Gasteiger partial charge in [-0.25, -0.2) is 0 Å². The van der Waals surface area contributed by atoms with Crippen LogP contribution in [0.15, 0.2) is 90.7 Å². The van der Waals surface area contributed by atoms with E-state index in [9.17, 15) is 9.59 Å². The van der Waals surface area contributed by atoms with Gasteiger partial charge in [0, 0.05) is 24.6 Å². The van der Waals surface area contributed by atoms with Crippen molar-refractivity contribution in [3.8, 4) is 0 Å². The molecule has 0 aliphatic carbocycles. The van der Waals surface area contributed by atoms with Crippen LogP contribution in [-0.4, -0.2) is 11.8 Å². The molecule has 0 amide bonds. The summed E-state index contributed by atoms with van der Waals surface area (Å²) in [5.41, 5.74) is 2.43. The molecule has 5 heteroatoms. The van der Waals surface area contributed by atoms with Gasteiger partial charge in [0.25, 0.3) is 0 Å². The summed E-state index contributed by atoms with van der Waals surface area (Å²) in [4.78, 5) is 25.1. The standard InChI is InChI=1S/C24H20ClNO3/c1-17(27)29-24(23(28)20-14-8-9-15-21(20)25)22(19-12-6-3-7-13-19)26-16-18-10-4-2-5-11-18/h2-15,26H,16H2,1H3/b24-22+. The van der Waals surface area contributed by atoms with Crippen molar-refractivity contribution >= 4 is 29.1 Å². The van der Waals surface area contributed by atoms with Gasteiger partial charge in [-0.15, -0.1) is 0 Å². The Morgan fingerprint density at radius 2 is 1.45 bits per heavy atom. The second kappa shape index (κ2) is 9.71. The molecule has 146 valence electrons. The lowest BCUT2D eigenvalue weighted by molar-refractivity contribution is -0.136. The van der Waals surface area contributed by atoms with Crippen LogP contribution in [-0.2, 0) is 16.1 Å². The Morgan fingerprint density at radius 3 is 2.07 bits per heavy atom. The Balaban J connectivity index is 2.09. The van der Waals surface area contributed by atoms with Crippen LogP contribution >= 0.6 is 11.6 Å². The first-order chi connectivity index (χ1) is 14.1. The van der Waals surface area contributed by atoms with E-state index in [0.717, 1.165) is 11.1 Å². The van der Waals surface area contributed by atoms with Crippen molar-refractivity contribution in [3.63, 3.8) is 0 Å². The maximum atomic E-state index is 13.3. The van der Waals surface area contributed by atoms with E-state index in [-0.39, 0.29) is 16.3 Å². The third-order valence-corrected chi connectivity index (χ3v) is 4.50. The van der Waals surface area contributed by atoms with Crippen molar-refractivity contribution in [2.45, 2.75) is 13.5 Å². The van der Waals surface area contributed by atoms with Gasteiger partial charge in [-0.05, 0) is 17.7 Å². The first-order valence-electron chi connectivity index (χ1n) is 9.11. The monoisotopic (exact) mass is 405 g/mol. The third-order valence-electron chi connectivity index (χ3n) is 4.17. The quantitative estimate of drug-likeness (QED) is 0.252. The smallest absolute Gasteiger partial charge is 0.308 e. The van der Waals surface area contributed by atoms with Gasteiger partial charge in [-0.2, -0.15) is 0 Å². The zero-order chi connectivity index (χ0) is 20.6. The average Bonchev–Trinajstić information content (AvgIpc) is 2.74. The predicted molar refractivity (Wildman–Crippen MR) is 114 cm³/mol. The van der Waals surface area contributed by atoms with Crippen molar-refractivity contribution in [1.29, 1.82) is 0 Å². The van der Waals surface area contributed by atoms with Crippen LogP contribution in [0.4, 0.5) is 0 Å². The first kappa shape index (κ1) is 20.4. The lowest BCUT2D eigenvalue weighted by atomic mass is 10.0. The SMILES string of the molecule is CC(=O)O/C(C(=O)c1ccccc1Cl)=C(/NCc1ccccc1)c1ccccc1. The molecule has 0 heterocycles. The number of esters is 1. The van der Waals surface area contributed by atoms with E-state index >= 15 is 0 Å². The molecule has 0 spiro atoms. The molecule has 3 rings (SSSR count). The molecule has 0 aliphatic heterocycles. The molecule has 0 radical (unpaired) electrons. The molecule has 3 aromatic carbocycles. The van der Waals surface area contributed by atoms with Crippen LogP contribution in [0, 0.1) is 0 Å². The Bertz CT molecular complexity index is 1030. The van der Waals surface area contributed by atoms with Crippen LogP contribution in [0.3, 0.4) is 0 Å². The Hall–Kier alpha value is -3.37. The van der Waals surface area contributed by atoms with Gasteiger partial charge in [-0.3, -0.25) is 9.59 Å². The van der Waals surface area contributed by atoms with Crippen molar-refractivity contribution in [2.75, 3.05) is 0 Å². The maximum Gasteiger partial charge on any atom is 0.308 e. The van der Waals surface area contributed by atoms with E-state index in [4.69, 9.17) is 16.3 Å². The van der Waals surface area contributed by atoms with Gasteiger partial charge in [-0.1, -0.05) is 84.4 Å². The first-order valence-corrected chi connectivity index (χ1v) is 9.49. The molecule has 0 atom stereocenters. The second-order valence-corrected chi connectivity index (χ2v) is 6.72. The van der Waals surface area contributed by atoms with Gasteiger partial charge >= 0.3 is 5.97 Å². The summed E-state index contributed by atoms with van der Waals surface area (Å²) in [6.07, 6.45) is 0. The number of carbonyl (C=O) groups is 2.